The van der Waals surface area contributed by atoms with Crippen LogP contribution in [0.3, 0.4) is 0 Å². The molecule has 0 bridgehead atoms. The first-order valence-corrected chi connectivity index (χ1v) is 9.27. The van der Waals surface area contributed by atoms with Crippen molar-refractivity contribution in [3.8, 4) is 11.3 Å². The summed E-state index contributed by atoms with van der Waals surface area (Å²) in [6.07, 6.45) is 1.70. The molecule has 0 saturated heterocycles. The van der Waals surface area contributed by atoms with Crippen molar-refractivity contribution in [2.75, 3.05) is 11.1 Å². The standard InChI is InChI=1S/C16H14ClN3OS2/c17-15-5-4-13(23-15)9-22-10-16(21)19-12-3-1-2-11(8-12)14-6-7-18-20-14/h1-8H,9-10H2,(H,18,20)(H,19,21). The lowest BCUT2D eigenvalue weighted by Gasteiger charge is -2.06. The summed E-state index contributed by atoms with van der Waals surface area (Å²) < 4.78 is 0.778. The third-order valence-electron chi connectivity index (χ3n) is 3.06. The fraction of sp³-hybridized carbons (Fsp3) is 0.125. The van der Waals surface area contributed by atoms with Crippen LogP contribution in [0.2, 0.25) is 4.34 Å². The molecular formula is C16H14ClN3OS2. The Kier molecular flexibility index (Phi) is 5.38. The number of halogens is 1. The second-order valence-corrected chi connectivity index (χ2v) is 7.58. The highest BCUT2D eigenvalue weighted by Gasteiger charge is 2.06. The number of amides is 1. The number of rotatable bonds is 6. The minimum absolute atomic E-state index is 0.0144. The van der Waals surface area contributed by atoms with E-state index >= 15 is 0 Å². The minimum atomic E-state index is -0.0144. The van der Waals surface area contributed by atoms with E-state index in [9.17, 15) is 4.79 Å². The van der Waals surface area contributed by atoms with E-state index in [0.717, 1.165) is 27.0 Å². The molecule has 23 heavy (non-hydrogen) atoms. The van der Waals surface area contributed by atoms with Crippen molar-refractivity contribution in [2.45, 2.75) is 5.75 Å². The maximum absolute atomic E-state index is 12.0. The van der Waals surface area contributed by atoms with Gasteiger partial charge in [-0.05, 0) is 30.3 Å². The first kappa shape index (κ1) is 16.1. The first-order chi connectivity index (χ1) is 11.2. The van der Waals surface area contributed by atoms with Crippen LogP contribution >= 0.6 is 34.7 Å². The molecule has 1 amide bonds. The number of aromatic amines is 1. The monoisotopic (exact) mass is 363 g/mol. The maximum Gasteiger partial charge on any atom is 0.234 e. The molecule has 2 heterocycles. The van der Waals surface area contributed by atoms with Gasteiger partial charge in [-0.1, -0.05) is 23.7 Å². The summed E-state index contributed by atoms with van der Waals surface area (Å²) in [4.78, 5) is 13.2. The van der Waals surface area contributed by atoms with Gasteiger partial charge in [-0.2, -0.15) is 5.10 Å². The SMILES string of the molecule is O=C(CSCc1ccc(Cl)s1)Nc1cccc(-c2ccn[nH]2)c1. The number of carbonyl (C=O) groups is 1. The Balaban J connectivity index is 1.52. The molecule has 0 spiro atoms. The number of carbonyl (C=O) groups excluding carboxylic acids is 1. The molecule has 7 heteroatoms. The second-order valence-electron chi connectivity index (χ2n) is 4.80. The first-order valence-electron chi connectivity index (χ1n) is 6.92. The summed E-state index contributed by atoms with van der Waals surface area (Å²) >= 11 is 9.01. The molecule has 1 aromatic carbocycles. The smallest absolute Gasteiger partial charge is 0.234 e. The fourth-order valence-electron chi connectivity index (χ4n) is 2.05. The van der Waals surface area contributed by atoms with Crippen LogP contribution in [0.1, 0.15) is 4.88 Å². The van der Waals surface area contributed by atoms with Gasteiger partial charge in [-0.25, -0.2) is 0 Å². The normalized spacial score (nSPS) is 10.7. The van der Waals surface area contributed by atoms with Gasteiger partial charge in [-0.3, -0.25) is 9.89 Å². The Morgan fingerprint density at radius 1 is 1.30 bits per heavy atom. The lowest BCUT2D eigenvalue weighted by molar-refractivity contribution is -0.113. The van der Waals surface area contributed by atoms with Gasteiger partial charge >= 0.3 is 0 Å². The summed E-state index contributed by atoms with van der Waals surface area (Å²) in [5.41, 5.74) is 2.69. The Bertz CT molecular complexity index is 786. The zero-order chi connectivity index (χ0) is 16.1. The topological polar surface area (TPSA) is 57.8 Å². The number of hydrogen-bond acceptors (Lipinski definition) is 4. The summed E-state index contributed by atoms with van der Waals surface area (Å²) in [5.74, 6) is 1.18. The van der Waals surface area contributed by atoms with E-state index < -0.39 is 0 Å². The lowest BCUT2D eigenvalue weighted by Crippen LogP contribution is -2.14. The molecule has 2 N–H and O–H groups in total. The number of hydrogen-bond donors (Lipinski definition) is 2. The van der Waals surface area contributed by atoms with Gasteiger partial charge in [0, 0.05) is 28.1 Å². The molecule has 0 aliphatic carbocycles. The highest BCUT2D eigenvalue weighted by Crippen LogP contribution is 2.25. The maximum atomic E-state index is 12.0. The number of nitrogens with one attached hydrogen (secondary N) is 2. The zero-order valence-corrected chi connectivity index (χ0v) is 14.5. The quantitative estimate of drug-likeness (QED) is 0.669. The molecule has 0 fully saturated rings. The lowest BCUT2D eigenvalue weighted by atomic mass is 10.1. The van der Waals surface area contributed by atoms with E-state index in [1.54, 1.807) is 29.3 Å². The molecule has 3 rings (SSSR count). The number of aromatic nitrogens is 2. The number of thioether (sulfide) groups is 1. The highest BCUT2D eigenvalue weighted by atomic mass is 35.5. The van der Waals surface area contributed by atoms with Gasteiger partial charge in [0.1, 0.15) is 0 Å². The van der Waals surface area contributed by atoms with E-state index in [0.29, 0.717) is 5.75 Å². The second kappa shape index (κ2) is 7.68. The summed E-state index contributed by atoms with van der Waals surface area (Å²) in [5, 5.41) is 9.77. The number of nitrogens with zero attached hydrogens (tertiary/aromatic N) is 1. The van der Waals surface area contributed by atoms with Crippen molar-refractivity contribution in [2.24, 2.45) is 0 Å². The average molecular weight is 364 g/mol. The van der Waals surface area contributed by atoms with Crippen LogP contribution in [0.5, 0.6) is 0 Å². The molecule has 0 unspecified atom stereocenters. The van der Waals surface area contributed by atoms with Crippen molar-refractivity contribution < 1.29 is 4.79 Å². The zero-order valence-electron chi connectivity index (χ0n) is 12.1. The predicted molar refractivity (Wildman–Crippen MR) is 98.1 cm³/mol. The molecule has 0 atom stereocenters. The molecule has 0 radical (unpaired) electrons. The van der Waals surface area contributed by atoms with E-state index in [4.69, 9.17) is 11.6 Å². The van der Waals surface area contributed by atoms with Gasteiger partial charge in [0.15, 0.2) is 0 Å². The van der Waals surface area contributed by atoms with Crippen molar-refractivity contribution in [1.82, 2.24) is 10.2 Å². The molecule has 118 valence electrons. The van der Waals surface area contributed by atoms with Gasteiger partial charge < -0.3 is 5.32 Å². The Morgan fingerprint density at radius 3 is 2.96 bits per heavy atom. The Hall–Kier alpha value is -1.76. The van der Waals surface area contributed by atoms with Crippen LogP contribution in [0.25, 0.3) is 11.3 Å². The number of anilines is 1. The summed E-state index contributed by atoms with van der Waals surface area (Å²) in [6, 6.07) is 13.4. The van der Waals surface area contributed by atoms with Crippen LogP contribution in [-0.4, -0.2) is 21.9 Å². The van der Waals surface area contributed by atoms with Crippen LogP contribution in [0, 0.1) is 0 Å². The van der Waals surface area contributed by atoms with Gasteiger partial charge in [0.05, 0.1) is 15.8 Å². The van der Waals surface area contributed by atoms with E-state index in [2.05, 4.69) is 15.5 Å². The molecule has 4 nitrogen and oxygen atoms in total. The van der Waals surface area contributed by atoms with Crippen molar-refractivity contribution >= 4 is 46.3 Å². The molecule has 0 aliphatic heterocycles. The number of thiophene rings is 1. The summed E-state index contributed by atoms with van der Waals surface area (Å²) in [7, 11) is 0. The number of benzene rings is 1. The molecule has 0 saturated carbocycles. The van der Waals surface area contributed by atoms with E-state index in [1.807, 2.05) is 42.5 Å². The van der Waals surface area contributed by atoms with Crippen LogP contribution in [-0.2, 0) is 10.5 Å². The van der Waals surface area contributed by atoms with E-state index in [1.165, 1.54) is 4.88 Å². The van der Waals surface area contributed by atoms with Crippen LogP contribution in [0.4, 0.5) is 5.69 Å². The van der Waals surface area contributed by atoms with E-state index in [-0.39, 0.29) is 5.91 Å². The minimum Gasteiger partial charge on any atom is -0.325 e. The third-order valence-corrected chi connectivity index (χ3v) is 5.46. The Labute approximate surface area is 147 Å². The fourth-order valence-corrected chi connectivity index (χ4v) is 4.08. The van der Waals surface area contributed by atoms with Crippen LogP contribution in [0.15, 0.2) is 48.7 Å². The summed E-state index contributed by atoms with van der Waals surface area (Å²) in [6.45, 7) is 0. The molecule has 0 aliphatic rings. The predicted octanol–water partition coefficient (Wildman–Crippen LogP) is 4.66. The largest absolute Gasteiger partial charge is 0.325 e. The van der Waals surface area contributed by atoms with Gasteiger partial charge in [-0.15, -0.1) is 23.1 Å². The number of H-pyrrole nitrogens is 1. The van der Waals surface area contributed by atoms with Gasteiger partial charge in [0.25, 0.3) is 0 Å². The Morgan fingerprint density at radius 2 is 2.22 bits per heavy atom. The molecular weight excluding hydrogens is 350 g/mol. The molecule has 2 aromatic heterocycles. The van der Waals surface area contributed by atoms with Gasteiger partial charge in [0.2, 0.25) is 5.91 Å². The van der Waals surface area contributed by atoms with Crippen molar-refractivity contribution in [1.29, 1.82) is 0 Å². The highest BCUT2D eigenvalue weighted by molar-refractivity contribution is 7.99. The average Bonchev–Trinajstić information content (AvgIpc) is 3.19. The van der Waals surface area contributed by atoms with Crippen molar-refractivity contribution in [3.63, 3.8) is 0 Å². The van der Waals surface area contributed by atoms with Crippen molar-refractivity contribution in [3.05, 3.63) is 57.9 Å². The third kappa shape index (κ3) is 4.60. The molecule has 3 aromatic rings. The van der Waals surface area contributed by atoms with Crippen LogP contribution < -0.4 is 5.32 Å².